The zero-order chi connectivity index (χ0) is 17.6. The molecule has 0 heterocycles. The fourth-order valence-electron chi connectivity index (χ4n) is 2.82. The van der Waals surface area contributed by atoms with E-state index in [2.05, 4.69) is 16.7 Å². The Balaban J connectivity index is 1.63. The molecule has 1 aliphatic carbocycles. The molecule has 25 heavy (non-hydrogen) atoms. The molecule has 0 radical (unpaired) electrons. The van der Waals surface area contributed by atoms with Crippen LogP contribution in [-0.2, 0) is 6.42 Å². The first kappa shape index (κ1) is 16.8. The second-order valence-electron chi connectivity index (χ2n) is 6.22. The molecule has 1 saturated carbocycles. The van der Waals surface area contributed by atoms with Gasteiger partial charge in [0.15, 0.2) is 0 Å². The Morgan fingerprint density at radius 2 is 1.88 bits per heavy atom. The number of anilines is 1. The van der Waals surface area contributed by atoms with Crippen LogP contribution in [0.5, 0.6) is 5.75 Å². The minimum Gasteiger partial charge on any atom is -0.497 e. The normalized spacial score (nSPS) is 14.2. The summed E-state index contributed by atoms with van der Waals surface area (Å²) in [5.41, 5.74) is 2.73. The van der Waals surface area contributed by atoms with E-state index >= 15 is 0 Å². The first-order valence-electron chi connectivity index (χ1n) is 8.37. The first-order valence-corrected chi connectivity index (χ1v) is 8.37. The monoisotopic (exact) mass is 335 g/mol. The van der Waals surface area contributed by atoms with Gasteiger partial charge in [0.2, 0.25) is 0 Å². The number of nitrogens with one attached hydrogen (secondary N) is 2. The van der Waals surface area contributed by atoms with Crippen LogP contribution in [0.25, 0.3) is 0 Å². The van der Waals surface area contributed by atoms with E-state index in [1.165, 1.54) is 0 Å². The topological polar surface area (TPSA) is 74.2 Å². The van der Waals surface area contributed by atoms with Crippen LogP contribution in [0.1, 0.15) is 30.0 Å². The van der Waals surface area contributed by atoms with E-state index < -0.39 is 0 Å². The first-order chi connectivity index (χ1) is 12.2. The fraction of sp³-hybridized carbons (Fsp3) is 0.300. The smallest absolute Gasteiger partial charge is 0.319 e. The Labute approximate surface area is 147 Å². The molecule has 0 bridgehead atoms. The van der Waals surface area contributed by atoms with Crippen LogP contribution in [0.15, 0.2) is 48.5 Å². The molecule has 0 aliphatic heterocycles. The molecule has 5 heteroatoms. The van der Waals surface area contributed by atoms with E-state index in [4.69, 9.17) is 10.00 Å². The van der Waals surface area contributed by atoms with Crippen molar-refractivity contribution in [3.8, 4) is 11.8 Å². The predicted molar refractivity (Wildman–Crippen MR) is 96.4 cm³/mol. The lowest BCUT2D eigenvalue weighted by molar-refractivity contribution is 0.247. The average Bonchev–Trinajstić information content (AvgIpc) is 3.47. The number of carbonyl (C=O) groups excluding carboxylic acids is 1. The van der Waals surface area contributed by atoms with Crippen molar-refractivity contribution < 1.29 is 9.53 Å². The van der Waals surface area contributed by atoms with Gasteiger partial charge < -0.3 is 15.4 Å². The van der Waals surface area contributed by atoms with Gasteiger partial charge in [0.1, 0.15) is 5.75 Å². The number of benzene rings is 2. The fourth-order valence-corrected chi connectivity index (χ4v) is 2.82. The van der Waals surface area contributed by atoms with Crippen molar-refractivity contribution in [3.63, 3.8) is 0 Å². The standard InChI is InChI=1S/C20H21N3O2/c1-25-18-10-6-16(7-11-18)19(15-4-5-15)23-20(24)22-17-8-2-14(3-9-17)12-13-21/h2-3,6-11,15,19H,4-5,12H2,1H3,(H2,22,23,24). The van der Waals surface area contributed by atoms with E-state index in [1.54, 1.807) is 7.11 Å². The van der Waals surface area contributed by atoms with E-state index in [-0.39, 0.29) is 12.1 Å². The molecule has 2 aromatic rings. The lowest BCUT2D eigenvalue weighted by atomic mass is 10.0. The Hall–Kier alpha value is -3.00. The van der Waals surface area contributed by atoms with E-state index in [1.807, 2.05) is 48.5 Å². The number of amides is 2. The lowest BCUT2D eigenvalue weighted by Crippen LogP contribution is -2.33. The third-order valence-corrected chi connectivity index (χ3v) is 4.35. The van der Waals surface area contributed by atoms with E-state index in [9.17, 15) is 4.79 Å². The van der Waals surface area contributed by atoms with Gasteiger partial charge in [0.25, 0.3) is 0 Å². The van der Waals surface area contributed by atoms with Gasteiger partial charge in [-0.2, -0.15) is 5.26 Å². The number of methoxy groups -OCH3 is 1. The van der Waals surface area contributed by atoms with Gasteiger partial charge in [-0.05, 0) is 54.2 Å². The summed E-state index contributed by atoms with van der Waals surface area (Å²) in [4.78, 5) is 12.4. The highest BCUT2D eigenvalue weighted by Gasteiger charge is 2.33. The van der Waals surface area contributed by atoms with Crippen LogP contribution in [0.4, 0.5) is 10.5 Å². The Kier molecular flexibility index (Phi) is 5.20. The van der Waals surface area contributed by atoms with Gasteiger partial charge in [-0.3, -0.25) is 0 Å². The van der Waals surface area contributed by atoms with Crippen molar-refractivity contribution in [2.24, 2.45) is 5.92 Å². The maximum atomic E-state index is 12.4. The molecular formula is C20H21N3O2. The van der Waals surface area contributed by atoms with Crippen LogP contribution in [-0.4, -0.2) is 13.1 Å². The van der Waals surface area contributed by atoms with Crippen molar-refractivity contribution in [2.75, 3.05) is 12.4 Å². The number of rotatable bonds is 6. The van der Waals surface area contributed by atoms with Gasteiger partial charge >= 0.3 is 6.03 Å². The highest BCUT2D eigenvalue weighted by molar-refractivity contribution is 5.89. The van der Waals surface area contributed by atoms with Gasteiger partial charge in [-0.1, -0.05) is 24.3 Å². The quantitative estimate of drug-likeness (QED) is 0.837. The van der Waals surface area contributed by atoms with Crippen LogP contribution in [0, 0.1) is 17.2 Å². The molecule has 1 atom stereocenters. The molecule has 128 valence electrons. The van der Waals surface area contributed by atoms with E-state index in [0.717, 1.165) is 29.7 Å². The van der Waals surface area contributed by atoms with Crippen LogP contribution in [0.2, 0.25) is 0 Å². The van der Waals surface area contributed by atoms with Crippen molar-refractivity contribution in [3.05, 3.63) is 59.7 Å². The lowest BCUT2D eigenvalue weighted by Gasteiger charge is -2.19. The SMILES string of the molecule is COc1ccc(C(NC(=O)Nc2ccc(CC#N)cc2)C2CC2)cc1. The summed E-state index contributed by atoms with van der Waals surface area (Å²) in [6.45, 7) is 0. The second-order valence-corrected chi connectivity index (χ2v) is 6.22. The van der Waals surface area contributed by atoms with Crippen molar-refractivity contribution in [1.29, 1.82) is 5.26 Å². The van der Waals surface area contributed by atoms with Crippen molar-refractivity contribution in [2.45, 2.75) is 25.3 Å². The number of hydrogen-bond acceptors (Lipinski definition) is 3. The van der Waals surface area contributed by atoms with Crippen LogP contribution < -0.4 is 15.4 Å². The molecule has 0 saturated heterocycles. The Bertz CT molecular complexity index is 759. The Morgan fingerprint density at radius 1 is 1.20 bits per heavy atom. The summed E-state index contributed by atoms with van der Waals surface area (Å²) in [6, 6.07) is 17.0. The minimum atomic E-state index is -0.222. The average molecular weight is 335 g/mol. The maximum Gasteiger partial charge on any atom is 0.319 e. The number of carbonyl (C=O) groups is 1. The summed E-state index contributed by atoms with van der Waals surface area (Å²) in [5.74, 6) is 1.29. The largest absolute Gasteiger partial charge is 0.497 e. The van der Waals surface area contributed by atoms with E-state index in [0.29, 0.717) is 18.0 Å². The molecule has 1 aliphatic rings. The van der Waals surface area contributed by atoms with Crippen LogP contribution in [0.3, 0.4) is 0 Å². The molecule has 5 nitrogen and oxygen atoms in total. The van der Waals surface area contributed by atoms with Crippen molar-refractivity contribution in [1.82, 2.24) is 5.32 Å². The Morgan fingerprint density at radius 3 is 2.44 bits per heavy atom. The highest BCUT2D eigenvalue weighted by atomic mass is 16.5. The number of hydrogen-bond donors (Lipinski definition) is 2. The third-order valence-electron chi connectivity index (χ3n) is 4.35. The zero-order valence-corrected chi connectivity index (χ0v) is 14.2. The summed E-state index contributed by atoms with van der Waals surface area (Å²) in [5, 5.41) is 14.6. The van der Waals surface area contributed by atoms with Crippen molar-refractivity contribution >= 4 is 11.7 Å². The molecule has 3 rings (SSSR count). The molecule has 1 unspecified atom stereocenters. The molecule has 2 N–H and O–H groups in total. The number of ether oxygens (including phenoxy) is 1. The molecule has 2 aromatic carbocycles. The van der Waals surface area contributed by atoms with Gasteiger partial charge in [-0.25, -0.2) is 4.79 Å². The molecule has 0 spiro atoms. The van der Waals surface area contributed by atoms with Gasteiger partial charge in [0, 0.05) is 5.69 Å². The van der Waals surface area contributed by atoms with Gasteiger partial charge in [-0.15, -0.1) is 0 Å². The zero-order valence-electron chi connectivity index (χ0n) is 14.2. The summed E-state index contributed by atoms with van der Waals surface area (Å²) >= 11 is 0. The molecular weight excluding hydrogens is 314 g/mol. The molecule has 2 amide bonds. The van der Waals surface area contributed by atoms with Gasteiger partial charge in [0.05, 0.1) is 25.6 Å². The molecule has 0 aromatic heterocycles. The summed E-state index contributed by atoms with van der Waals surface area (Å²) in [7, 11) is 1.64. The number of nitrogens with zero attached hydrogens (tertiary/aromatic N) is 1. The number of nitriles is 1. The van der Waals surface area contributed by atoms with Crippen LogP contribution >= 0.6 is 0 Å². The summed E-state index contributed by atoms with van der Waals surface area (Å²) < 4.78 is 5.19. The third kappa shape index (κ3) is 4.51. The predicted octanol–water partition coefficient (Wildman–Crippen LogP) is 4.03. The maximum absolute atomic E-state index is 12.4. The number of urea groups is 1. The minimum absolute atomic E-state index is 0.00349. The second kappa shape index (κ2) is 7.71. The molecule has 1 fully saturated rings. The highest BCUT2D eigenvalue weighted by Crippen LogP contribution is 2.41. The summed E-state index contributed by atoms with van der Waals surface area (Å²) in [6.07, 6.45) is 2.62.